The summed E-state index contributed by atoms with van der Waals surface area (Å²) in [6, 6.07) is 0. The van der Waals surface area contributed by atoms with E-state index in [1.807, 2.05) is 10.8 Å². The Morgan fingerprint density at radius 2 is 2.50 bits per heavy atom. The molecule has 0 spiro atoms. The number of rotatable bonds is 1. The molecule has 0 unspecified atom stereocenters. The van der Waals surface area contributed by atoms with Crippen LogP contribution in [0, 0.1) is 0 Å². The van der Waals surface area contributed by atoms with Crippen molar-refractivity contribution in [2.75, 3.05) is 6.61 Å². The fourth-order valence-corrected chi connectivity index (χ4v) is 1.92. The fourth-order valence-electron chi connectivity index (χ4n) is 1.45. The van der Waals surface area contributed by atoms with Crippen LogP contribution in [0.2, 0.25) is 0 Å². The third-order valence-corrected chi connectivity index (χ3v) is 2.70. The van der Waals surface area contributed by atoms with E-state index in [9.17, 15) is 0 Å². The van der Waals surface area contributed by atoms with Crippen molar-refractivity contribution in [2.45, 2.75) is 25.5 Å². The van der Waals surface area contributed by atoms with Crippen molar-refractivity contribution < 1.29 is 4.74 Å². The summed E-state index contributed by atoms with van der Waals surface area (Å²) in [6.07, 6.45) is 7.44. The van der Waals surface area contributed by atoms with Gasteiger partial charge in [-0.25, -0.2) is 4.98 Å². The Kier molecular flexibility index (Phi) is 2.46. The first-order chi connectivity index (χ1) is 5.88. The topological polar surface area (TPSA) is 27.1 Å². The molecular weight excluding hydrogens is 220 g/mol. The van der Waals surface area contributed by atoms with Gasteiger partial charge in [0.05, 0.1) is 0 Å². The highest BCUT2D eigenvalue weighted by atomic mass is 79.9. The molecule has 1 aliphatic heterocycles. The lowest BCUT2D eigenvalue weighted by atomic mass is 10.2. The van der Waals surface area contributed by atoms with Gasteiger partial charge < -0.3 is 4.74 Å². The highest BCUT2D eigenvalue weighted by Gasteiger charge is 2.16. The molecule has 1 saturated heterocycles. The maximum atomic E-state index is 5.60. The summed E-state index contributed by atoms with van der Waals surface area (Å²) in [7, 11) is 0. The molecule has 4 heteroatoms. The first-order valence-corrected chi connectivity index (χ1v) is 4.97. The summed E-state index contributed by atoms with van der Waals surface area (Å²) in [6.45, 7) is 0.870. The van der Waals surface area contributed by atoms with Crippen molar-refractivity contribution in [3.05, 3.63) is 17.1 Å². The van der Waals surface area contributed by atoms with Gasteiger partial charge in [-0.1, -0.05) is 0 Å². The Morgan fingerprint density at radius 3 is 3.08 bits per heavy atom. The maximum absolute atomic E-state index is 5.60. The van der Waals surface area contributed by atoms with E-state index < -0.39 is 0 Å². The monoisotopic (exact) mass is 230 g/mol. The van der Waals surface area contributed by atoms with Gasteiger partial charge in [0.2, 0.25) is 0 Å². The van der Waals surface area contributed by atoms with Crippen molar-refractivity contribution in [2.24, 2.45) is 0 Å². The molecule has 1 aliphatic rings. The summed E-state index contributed by atoms with van der Waals surface area (Å²) >= 11 is 3.37. The standard InChI is InChI=1S/C8H11BrN2O/c9-8-10-4-5-11(8)7-3-1-2-6-12-7/h4-5,7H,1-3,6H2/t7-/m0/s1. The predicted molar refractivity (Wildman–Crippen MR) is 48.8 cm³/mol. The molecule has 2 rings (SSSR count). The van der Waals surface area contributed by atoms with Gasteiger partial charge in [-0.2, -0.15) is 0 Å². The Morgan fingerprint density at radius 1 is 1.58 bits per heavy atom. The van der Waals surface area contributed by atoms with E-state index in [1.54, 1.807) is 6.20 Å². The minimum Gasteiger partial charge on any atom is -0.358 e. The molecule has 0 aliphatic carbocycles. The molecule has 12 heavy (non-hydrogen) atoms. The molecule has 0 N–H and O–H groups in total. The van der Waals surface area contributed by atoms with Crippen LogP contribution < -0.4 is 0 Å². The lowest BCUT2D eigenvalue weighted by molar-refractivity contribution is -0.0333. The molecule has 1 aromatic heterocycles. The lowest BCUT2D eigenvalue weighted by Gasteiger charge is -2.24. The molecule has 1 atom stereocenters. The molecule has 0 bridgehead atoms. The van der Waals surface area contributed by atoms with Crippen LogP contribution >= 0.6 is 15.9 Å². The number of hydrogen-bond acceptors (Lipinski definition) is 2. The third kappa shape index (κ3) is 1.54. The van der Waals surface area contributed by atoms with Crippen LogP contribution in [-0.2, 0) is 4.74 Å². The first kappa shape index (κ1) is 8.26. The van der Waals surface area contributed by atoms with Gasteiger partial charge in [0.15, 0.2) is 4.73 Å². The van der Waals surface area contributed by atoms with Crippen LogP contribution in [-0.4, -0.2) is 16.2 Å². The van der Waals surface area contributed by atoms with E-state index >= 15 is 0 Å². The fraction of sp³-hybridized carbons (Fsp3) is 0.625. The highest BCUT2D eigenvalue weighted by molar-refractivity contribution is 9.10. The average Bonchev–Trinajstić information content (AvgIpc) is 2.53. The van der Waals surface area contributed by atoms with Crippen LogP contribution in [0.15, 0.2) is 17.1 Å². The van der Waals surface area contributed by atoms with Crippen molar-refractivity contribution in [3.63, 3.8) is 0 Å². The van der Waals surface area contributed by atoms with Crippen LogP contribution in [0.5, 0.6) is 0 Å². The highest BCUT2D eigenvalue weighted by Crippen LogP contribution is 2.24. The summed E-state index contributed by atoms with van der Waals surface area (Å²) < 4.78 is 8.48. The summed E-state index contributed by atoms with van der Waals surface area (Å²) in [5.74, 6) is 0. The van der Waals surface area contributed by atoms with Crippen molar-refractivity contribution in [1.82, 2.24) is 9.55 Å². The molecule has 0 radical (unpaired) electrons. The molecule has 66 valence electrons. The zero-order chi connectivity index (χ0) is 8.39. The second-order valence-electron chi connectivity index (χ2n) is 2.92. The van der Waals surface area contributed by atoms with E-state index in [0.29, 0.717) is 0 Å². The SMILES string of the molecule is Brc1nccn1[C@@H]1CCCCO1. The predicted octanol–water partition coefficient (Wildman–Crippen LogP) is 2.34. The lowest BCUT2D eigenvalue weighted by Crippen LogP contribution is -2.17. The number of ether oxygens (including phenoxy) is 1. The number of imidazole rings is 1. The molecule has 1 fully saturated rings. The molecule has 0 amide bonds. The number of hydrogen-bond donors (Lipinski definition) is 0. The summed E-state index contributed by atoms with van der Waals surface area (Å²) in [4.78, 5) is 4.09. The minimum atomic E-state index is 0.190. The van der Waals surface area contributed by atoms with Gasteiger partial charge >= 0.3 is 0 Å². The van der Waals surface area contributed by atoms with Gasteiger partial charge in [0, 0.05) is 19.0 Å². The first-order valence-electron chi connectivity index (χ1n) is 4.18. The van der Waals surface area contributed by atoms with E-state index in [2.05, 4.69) is 20.9 Å². The summed E-state index contributed by atoms with van der Waals surface area (Å²) in [5.41, 5.74) is 0. The molecule has 0 saturated carbocycles. The van der Waals surface area contributed by atoms with Crippen LogP contribution in [0.4, 0.5) is 0 Å². The quantitative estimate of drug-likeness (QED) is 0.741. The zero-order valence-electron chi connectivity index (χ0n) is 6.74. The van der Waals surface area contributed by atoms with E-state index in [0.717, 1.165) is 17.8 Å². The van der Waals surface area contributed by atoms with E-state index in [1.165, 1.54) is 12.8 Å². The maximum Gasteiger partial charge on any atom is 0.179 e. The van der Waals surface area contributed by atoms with Gasteiger partial charge in [0.1, 0.15) is 6.23 Å². The second-order valence-corrected chi connectivity index (χ2v) is 3.63. The summed E-state index contributed by atoms with van der Waals surface area (Å²) in [5, 5.41) is 0. The smallest absolute Gasteiger partial charge is 0.179 e. The van der Waals surface area contributed by atoms with Crippen LogP contribution in [0.3, 0.4) is 0 Å². The van der Waals surface area contributed by atoms with Crippen molar-refractivity contribution in [1.29, 1.82) is 0 Å². The second kappa shape index (κ2) is 3.58. The van der Waals surface area contributed by atoms with Crippen LogP contribution in [0.1, 0.15) is 25.5 Å². The number of halogens is 1. The van der Waals surface area contributed by atoms with Gasteiger partial charge in [-0.05, 0) is 35.2 Å². The largest absolute Gasteiger partial charge is 0.358 e. The van der Waals surface area contributed by atoms with Gasteiger partial charge in [-0.15, -0.1) is 0 Å². The molecule has 3 nitrogen and oxygen atoms in total. The van der Waals surface area contributed by atoms with Crippen LogP contribution in [0.25, 0.3) is 0 Å². The third-order valence-electron chi connectivity index (χ3n) is 2.09. The van der Waals surface area contributed by atoms with E-state index in [4.69, 9.17) is 4.74 Å². The normalized spacial score (nSPS) is 24.2. The molecular formula is C8H11BrN2O. The average molecular weight is 231 g/mol. The van der Waals surface area contributed by atoms with Crippen molar-refractivity contribution >= 4 is 15.9 Å². The van der Waals surface area contributed by atoms with Gasteiger partial charge in [-0.3, -0.25) is 4.57 Å². The van der Waals surface area contributed by atoms with E-state index in [-0.39, 0.29) is 6.23 Å². The van der Waals surface area contributed by atoms with Crippen molar-refractivity contribution in [3.8, 4) is 0 Å². The number of nitrogens with zero attached hydrogens (tertiary/aromatic N) is 2. The Hall–Kier alpha value is -0.350. The molecule has 2 heterocycles. The molecule has 1 aromatic rings. The van der Waals surface area contributed by atoms with Gasteiger partial charge in [0.25, 0.3) is 0 Å². The Bertz CT molecular complexity index is 255. The Balaban J connectivity index is 2.13. The number of aromatic nitrogens is 2. The molecule has 0 aromatic carbocycles. The minimum absolute atomic E-state index is 0.190. The zero-order valence-corrected chi connectivity index (χ0v) is 8.33. The Labute approximate surface area is 79.9 Å².